The van der Waals surface area contributed by atoms with E-state index in [0.29, 0.717) is 12.1 Å². The minimum absolute atomic E-state index is 0. The van der Waals surface area contributed by atoms with Crippen molar-refractivity contribution in [3.05, 3.63) is 35.4 Å². The van der Waals surface area contributed by atoms with Crippen molar-refractivity contribution in [1.29, 1.82) is 0 Å². The number of benzene rings is 1. The molecule has 2 aliphatic heterocycles. The van der Waals surface area contributed by atoms with Gasteiger partial charge in [0, 0.05) is 32.7 Å². The molecule has 0 radical (unpaired) electrons. The molecule has 5 nitrogen and oxygen atoms in total. The Balaban J connectivity index is 0.00000300. The molecule has 1 aromatic carbocycles. The van der Waals surface area contributed by atoms with E-state index >= 15 is 0 Å². The molecule has 2 N–H and O–H groups in total. The van der Waals surface area contributed by atoms with Crippen LogP contribution in [0.2, 0.25) is 0 Å². The van der Waals surface area contributed by atoms with E-state index < -0.39 is 0 Å². The third kappa shape index (κ3) is 7.40. The fourth-order valence-corrected chi connectivity index (χ4v) is 4.50. The van der Waals surface area contributed by atoms with Crippen molar-refractivity contribution in [2.75, 3.05) is 46.3 Å². The van der Waals surface area contributed by atoms with Crippen LogP contribution in [0.15, 0.2) is 29.3 Å². The van der Waals surface area contributed by atoms with Crippen LogP contribution in [-0.4, -0.2) is 68.1 Å². The molecule has 0 amide bonds. The van der Waals surface area contributed by atoms with Crippen molar-refractivity contribution in [1.82, 2.24) is 20.4 Å². The van der Waals surface area contributed by atoms with E-state index in [1.165, 1.54) is 76.0 Å². The zero-order valence-electron chi connectivity index (χ0n) is 18.5. The molecular weight excluding hydrogens is 473 g/mol. The zero-order valence-corrected chi connectivity index (χ0v) is 20.8. The van der Waals surface area contributed by atoms with Gasteiger partial charge in [0.2, 0.25) is 0 Å². The molecule has 1 atom stereocenters. The maximum atomic E-state index is 4.51. The Kier molecular flexibility index (Phi) is 10.7. The SMILES string of the molecule is CCCN1CCC(NC(=NC)NCC(c2ccc(C)cc2)N2CCCC2)CC1.I. The third-order valence-corrected chi connectivity index (χ3v) is 6.20. The summed E-state index contributed by atoms with van der Waals surface area (Å²) < 4.78 is 0. The molecule has 3 rings (SSSR count). The van der Waals surface area contributed by atoms with Gasteiger partial charge in [-0.2, -0.15) is 0 Å². The second kappa shape index (κ2) is 12.7. The number of rotatable bonds is 7. The van der Waals surface area contributed by atoms with Crippen LogP contribution < -0.4 is 10.6 Å². The first kappa shape index (κ1) is 24.4. The van der Waals surface area contributed by atoms with Crippen LogP contribution >= 0.6 is 24.0 Å². The first-order chi connectivity index (χ1) is 13.7. The second-order valence-corrected chi connectivity index (χ2v) is 8.38. The van der Waals surface area contributed by atoms with Gasteiger partial charge in [-0.1, -0.05) is 36.8 Å². The van der Waals surface area contributed by atoms with Crippen molar-refractivity contribution in [2.24, 2.45) is 4.99 Å². The monoisotopic (exact) mass is 513 g/mol. The van der Waals surface area contributed by atoms with Gasteiger partial charge in [-0.25, -0.2) is 0 Å². The molecule has 6 heteroatoms. The molecule has 0 saturated carbocycles. The van der Waals surface area contributed by atoms with Crippen molar-refractivity contribution >= 4 is 29.9 Å². The van der Waals surface area contributed by atoms with Crippen LogP contribution in [-0.2, 0) is 0 Å². The number of nitrogens with zero attached hydrogens (tertiary/aromatic N) is 3. The van der Waals surface area contributed by atoms with E-state index in [1.54, 1.807) is 0 Å². The maximum Gasteiger partial charge on any atom is 0.191 e. The number of hydrogen-bond donors (Lipinski definition) is 2. The number of aryl methyl sites for hydroxylation is 1. The number of piperidine rings is 1. The molecule has 2 heterocycles. The molecule has 1 unspecified atom stereocenters. The van der Waals surface area contributed by atoms with E-state index in [0.717, 1.165) is 12.5 Å². The van der Waals surface area contributed by atoms with E-state index in [4.69, 9.17) is 0 Å². The highest BCUT2D eigenvalue weighted by molar-refractivity contribution is 14.0. The van der Waals surface area contributed by atoms with Crippen LogP contribution in [0.5, 0.6) is 0 Å². The topological polar surface area (TPSA) is 42.9 Å². The van der Waals surface area contributed by atoms with Gasteiger partial charge in [0.25, 0.3) is 0 Å². The fourth-order valence-electron chi connectivity index (χ4n) is 4.50. The summed E-state index contributed by atoms with van der Waals surface area (Å²) >= 11 is 0. The molecular formula is C23H40IN5. The Bertz CT molecular complexity index is 604. The number of aliphatic imine (C=N–C) groups is 1. The van der Waals surface area contributed by atoms with Crippen LogP contribution in [0.25, 0.3) is 0 Å². The van der Waals surface area contributed by atoms with E-state index in [2.05, 4.69) is 63.5 Å². The molecule has 0 spiro atoms. The zero-order chi connectivity index (χ0) is 19.8. The summed E-state index contributed by atoms with van der Waals surface area (Å²) in [6, 6.07) is 9.99. The summed E-state index contributed by atoms with van der Waals surface area (Å²) in [4.78, 5) is 9.70. The van der Waals surface area contributed by atoms with Crippen LogP contribution in [0.4, 0.5) is 0 Å². The molecule has 1 aromatic rings. The lowest BCUT2D eigenvalue weighted by Gasteiger charge is -2.33. The minimum atomic E-state index is 0. The van der Waals surface area contributed by atoms with Crippen molar-refractivity contribution < 1.29 is 0 Å². The van der Waals surface area contributed by atoms with Gasteiger partial charge in [-0.15, -0.1) is 24.0 Å². The fraction of sp³-hybridized carbons (Fsp3) is 0.696. The number of hydrogen-bond acceptors (Lipinski definition) is 3. The maximum absolute atomic E-state index is 4.51. The molecule has 2 aliphatic rings. The highest BCUT2D eigenvalue weighted by Crippen LogP contribution is 2.25. The standard InChI is InChI=1S/C23H39N5.HI/c1-4-13-27-16-11-21(12-17-27)26-23(24-3)25-18-22(28-14-5-6-15-28)20-9-7-19(2)8-10-20;/h7-10,21-22H,4-6,11-18H2,1-3H3,(H2,24,25,26);1H. The molecule has 2 saturated heterocycles. The van der Waals surface area contributed by atoms with E-state index in [1.807, 2.05) is 7.05 Å². The van der Waals surface area contributed by atoms with Gasteiger partial charge >= 0.3 is 0 Å². The Hall–Kier alpha value is -0.860. The van der Waals surface area contributed by atoms with E-state index in [-0.39, 0.29) is 24.0 Å². The van der Waals surface area contributed by atoms with Gasteiger partial charge in [-0.05, 0) is 64.2 Å². The van der Waals surface area contributed by atoms with Crippen molar-refractivity contribution in [3.63, 3.8) is 0 Å². The largest absolute Gasteiger partial charge is 0.354 e. The van der Waals surface area contributed by atoms with E-state index in [9.17, 15) is 0 Å². The normalized spacial score (nSPS) is 20.3. The second-order valence-electron chi connectivity index (χ2n) is 8.38. The number of guanidine groups is 1. The summed E-state index contributed by atoms with van der Waals surface area (Å²) in [6.07, 6.45) is 6.28. The number of halogens is 1. The predicted molar refractivity (Wildman–Crippen MR) is 134 cm³/mol. The first-order valence-corrected chi connectivity index (χ1v) is 11.2. The van der Waals surface area contributed by atoms with Gasteiger partial charge in [0.05, 0.1) is 6.04 Å². The molecule has 0 bridgehead atoms. The summed E-state index contributed by atoms with van der Waals surface area (Å²) in [5.41, 5.74) is 2.73. The Labute approximate surface area is 194 Å². The van der Waals surface area contributed by atoms with Crippen molar-refractivity contribution in [3.8, 4) is 0 Å². The first-order valence-electron chi connectivity index (χ1n) is 11.2. The van der Waals surface area contributed by atoms with Gasteiger partial charge in [-0.3, -0.25) is 9.89 Å². The molecule has 0 aromatic heterocycles. The smallest absolute Gasteiger partial charge is 0.191 e. The molecule has 0 aliphatic carbocycles. The Morgan fingerprint density at radius 1 is 1.10 bits per heavy atom. The van der Waals surface area contributed by atoms with Crippen LogP contribution in [0.3, 0.4) is 0 Å². The summed E-state index contributed by atoms with van der Waals surface area (Å²) in [7, 11) is 1.89. The average Bonchev–Trinajstić information content (AvgIpc) is 3.24. The minimum Gasteiger partial charge on any atom is -0.354 e. The lowest BCUT2D eigenvalue weighted by Crippen LogP contribution is -2.50. The highest BCUT2D eigenvalue weighted by Gasteiger charge is 2.24. The Morgan fingerprint density at radius 2 is 1.76 bits per heavy atom. The summed E-state index contributed by atoms with van der Waals surface area (Å²) in [6.45, 7) is 11.3. The average molecular weight is 514 g/mol. The number of likely N-dealkylation sites (tertiary alicyclic amines) is 2. The quantitative estimate of drug-likeness (QED) is 0.331. The van der Waals surface area contributed by atoms with Gasteiger partial charge in [0.15, 0.2) is 5.96 Å². The predicted octanol–water partition coefficient (Wildman–Crippen LogP) is 3.79. The van der Waals surface area contributed by atoms with Gasteiger partial charge < -0.3 is 15.5 Å². The molecule has 2 fully saturated rings. The summed E-state index contributed by atoms with van der Waals surface area (Å²) in [5.74, 6) is 0.949. The van der Waals surface area contributed by atoms with Gasteiger partial charge in [0.1, 0.15) is 0 Å². The Morgan fingerprint density at radius 3 is 2.34 bits per heavy atom. The van der Waals surface area contributed by atoms with Crippen LogP contribution in [0, 0.1) is 6.92 Å². The van der Waals surface area contributed by atoms with Crippen LogP contribution in [0.1, 0.15) is 56.2 Å². The van der Waals surface area contributed by atoms with Crippen molar-refractivity contribution in [2.45, 2.75) is 58.0 Å². The highest BCUT2D eigenvalue weighted by atomic mass is 127. The third-order valence-electron chi connectivity index (χ3n) is 6.20. The molecule has 164 valence electrons. The molecule has 29 heavy (non-hydrogen) atoms. The number of nitrogens with one attached hydrogen (secondary N) is 2. The summed E-state index contributed by atoms with van der Waals surface area (Å²) in [5, 5.41) is 7.30. The lowest BCUT2D eigenvalue weighted by atomic mass is 10.0. The lowest BCUT2D eigenvalue weighted by molar-refractivity contribution is 0.206.